The molecule has 3 N–H and O–H groups in total. The number of carboxylic acids is 1. The summed E-state index contributed by atoms with van der Waals surface area (Å²) in [4.78, 5) is 10.4. The normalized spacial score (nSPS) is 14.5. The number of hydrogen-bond acceptors (Lipinski definition) is 2. The molecule has 0 saturated heterocycles. The Morgan fingerprint density at radius 3 is 2.69 bits per heavy atom. The van der Waals surface area contributed by atoms with Gasteiger partial charge in [0.15, 0.2) is 0 Å². The second kappa shape index (κ2) is 6.20. The Kier molecular flexibility index (Phi) is 5.55. The Morgan fingerprint density at radius 1 is 1.69 bits per heavy atom. The Hall–Kier alpha value is -1.35. The number of carboxylic acid groups (broad SMARTS) is 1. The monoisotopic (exact) mass is 181 g/mol. The van der Waals surface area contributed by atoms with Gasteiger partial charge in [-0.3, -0.25) is 4.79 Å². The van der Waals surface area contributed by atoms with Gasteiger partial charge in [0.2, 0.25) is 0 Å². The van der Waals surface area contributed by atoms with Crippen molar-refractivity contribution in [2.24, 2.45) is 5.73 Å². The Balaban J connectivity index is 4.22. The van der Waals surface area contributed by atoms with E-state index in [9.17, 15) is 4.79 Å². The molecule has 0 heterocycles. The largest absolute Gasteiger partial charge is 0.480 e. The van der Waals surface area contributed by atoms with Crippen molar-refractivity contribution in [1.29, 1.82) is 0 Å². The van der Waals surface area contributed by atoms with Crippen LogP contribution < -0.4 is 5.73 Å². The fourth-order valence-corrected chi connectivity index (χ4v) is 0.815. The van der Waals surface area contributed by atoms with E-state index in [-0.39, 0.29) is 0 Å². The first-order chi connectivity index (χ1) is 6.11. The zero-order valence-electron chi connectivity index (χ0n) is 7.73. The van der Waals surface area contributed by atoms with Crippen molar-refractivity contribution >= 4 is 5.97 Å². The van der Waals surface area contributed by atoms with Crippen molar-refractivity contribution in [2.75, 3.05) is 0 Å². The molecule has 0 fully saturated rings. The van der Waals surface area contributed by atoms with Gasteiger partial charge < -0.3 is 10.8 Å². The van der Waals surface area contributed by atoms with E-state index in [1.54, 1.807) is 18.2 Å². The minimum absolute atomic E-state index is 0.343. The van der Waals surface area contributed by atoms with Gasteiger partial charge in [0, 0.05) is 0 Å². The van der Waals surface area contributed by atoms with E-state index in [1.807, 2.05) is 13.0 Å². The van der Waals surface area contributed by atoms with Gasteiger partial charge >= 0.3 is 5.97 Å². The predicted molar refractivity (Wildman–Crippen MR) is 53.3 cm³/mol. The Bertz CT molecular complexity index is 241. The van der Waals surface area contributed by atoms with Crippen LogP contribution in [0.15, 0.2) is 36.5 Å². The standard InChI is InChI=1S/C10H15NO2/c1-3-5-6-8(4-2)7-9(11)10(12)13/h3-6,9H,1,7,11H2,2H3,(H,12,13)/b6-5-,8-4+/t9-/m0/s1. The summed E-state index contributed by atoms with van der Waals surface area (Å²) in [6.07, 6.45) is 7.37. The van der Waals surface area contributed by atoms with Gasteiger partial charge in [-0.05, 0) is 13.3 Å². The van der Waals surface area contributed by atoms with Crippen molar-refractivity contribution in [3.05, 3.63) is 36.5 Å². The summed E-state index contributed by atoms with van der Waals surface area (Å²) >= 11 is 0. The van der Waals surface area contributed by atoms with Crippen LogP contribution in [0.1, 0.15) is 13.3 Å². The van der Waals surface area contributed by atoms with Gasteiger partial charge in [0.05, 0.1) is 0 Å². The van der Waals surface area contributed by atoms with Crippen molar-refractivity contribution in [1.82, 2.24) is 0 Å². The molecule has 0 spiro atoms. The second-order valence-corrected chi connectivity index (χ2v) is 2.61. The Labute approximate surface area is 78.3 Å². The van der Waals surface area contributed by atoms with Gasteiger partial charge in [0.25, 0.3) is 0 Å². The van der Waals surface area contributed by atoms with Crippen molar-refractivity contribution in [2.45, 2.75) is 19.4 Å². The summed E-state index contributed by atoms with van der Waals surface area (Å²) in [5.74, 6) is -0.980. The van der Waals surface area contributed by atoms with E-state index in [4.69, 9.17) is 10.8 Å². The average Bonchev–Trinajstić information content (AvgIpc) is 2.11. The van der Waals surface area contributed by atoms with Crippen LogP contribution in [0.2, 0.25) is 0 Å². The van der Waals surface area contributed by atoms with E-state index < -0.39 is 12.0 Å². The van der Waals surface area contributed by atoms with E-state index in [0.29, 0.717) is 6.42 Å². The summed E-state index contributed by atoms with van der Waals surface area (Å²) in [7, 11) is 0. The maximum atomic E-state index is 10.4. The molecule has 0 unspecified atom stereocenters. The molecule has 0 aromatic carbocycles. The fourth-order valence-electron chi connectivity index (χ4n) is 0.815. The molecule has 0 aromatic heterocycles. The molecule has 0 rings (SSSR count). The van der Waals surface area contributed by atoms with Gasteiger partial charge in [0.1, 0.15) is 6.04 Å². The SMILES string of the molecule is C=C/C=C\C(=C/C)C[C@H](N)C(=O)O. The number of rotatable bonds is 5. The molecule has 3 heteroatoms. The van der Waals surface area contributed by atoms with Gasteiger partial charge in [-0.15, -0.1) is 0 Å². The molecule has 3 nitrogen and oxygen atoms in total. The summed E-state index contributed by atoms with van der Waals surface area (Å²) in [6, 6.07) is -0.833. The highest BCUT2D eigenvalue weighted by Gasteiger charge is 2.11. The van der Waals surface area contributed by atoms with Crippen LogP contribution in [0, 0.1) is 0 Å². The summed E-state index contributed by atoms with van der Waals surface area (Å²) in [6.45, 7) is 5.36. The quantitative estimate of drug-likeness (QED) is 0.631. The highest BCUT2D eigenvalue weighted by molar-refractivity contribution is 5.73. The zero-order valence-corrected chi connectivity index (χ0v) is 7.73. The fraction of sp³-hybridized carbons (Fsp3) is 0.300. The van der Waals surface area contributed by atoms with Gasteiger partial charge in [-0.25, -0.2) is 0 Å². The minimum atomic E-state index is -0.980. The highest BCUT2D eigenvalue weighted by atomic mass is 16.4. The number of hydrogen-bond donors (Lipinski definition) is 2. The van der Waals surface area contributed by atoms with E-state index in [1.165, 1.54) is 0 Å². The summed E-state index contributed by atoms with van der Waals surface area (Å²) in [5.41, 5.74) is 6.26. The van der Waals surface area contributed by atoms with Crippen LogP contribution >= 0.6 is 0 Å². The lowest BCUT2D eigenvalue weighted by molar-refractivity contribution is -0.138. The Morgan fingerprint density at radius 2 is 2.31 bits per heavy atom. The lowest BCUT2D eigenvalue weighted by Gasteiger charge is -2.05. The molecule has 0 saturated carbocycles. The average molecular weight is 181 g/mol. The molecule has 0 aliphatic heterocycles. The molecule has 0 radical (unpaired) electrons. The number of carbonyl (C=O) groups is 1. The van der Waals surface area contributed by atoms with E-state index in [2.05, 4.69) is 6.58 Å². The van der Waals surface area contributed by atoms with E-state index in [0.717, 1.165) is 5.57 Å². The molecule has 72 valence electrons. The maximum absolute atomic E-state index is 10.4. The molecule has 0 bridgehead atoms. The second-order valence-electron chi connectivity index (χ2n) is 2.61. The molecular weight excluding hydrogens is 166 g/mol. The third kappa shape index (κ3) is 4.98. The van der Waals surface area contributed by atoms with Crippen LogP contribution in [0.5, 0.6) is 0 Å². The first-order valence-electron chi connectivity index (χ1n) is 4.04. The van der Waals surface area contributed by atoms with Crippen molar-refractivity contribution < 1.29 is 9.90 Å². The van der Waals surface area contributed by atoms with Crippen molar-refractivity contribution in [3.63, 3.8) is 0 Å². The third-order valence-corrected chi connectivity index (χ3v) is 1.59. The van der Waals surface area contributed by atoms with E-state index >= 15 is 0 Å². The molecular formula is C10H15NO2. The predicted octanol–water partition coefficient (Wildman–Crippen LogP) is 1.48. The lowest BCUT2D eigenvalue weighted by atomic mass is 10.1. The molecule has 0 aromatic rings. The molecule has 0 aliphatic carbocycles. The first kappa shape index (κ1) is 11.6. The number of allylic oxidation sites excluding steroid dienone is 4. The topological polar surface area (TPSA) is 63.3 Å². The number of nitrogens with two attached hydrogens (primary N) is 1. The smallest absolute Gasteiger partial charge is 0.320 e. The van der Waals surface area contributed by atoms with Gasteiger partial charge in [-0.1, -0.05) is 36.5 Å². The highest BCUT2D eigenvalue weighted by Crippen LogP contribution is 2.06. The number of aliphatic carboxylic acids is 1. The molecule has 0 aliphatic rings. The van der Waals surface area contributed by atoms with Crippen LogP contribution in [0.3, 0.4) is 0 Å². The maximum Gasteiger partial charge on any atom is 0.320 e. The van der Waals surface area contributed by atoms with Crippen LogP contribution in [0.4, 0.5) is 0 Å². The summed E-state index contributed by atoms with van der Waals surface area (Å²) < 4.78 is 0. The molecule has 0 amide bonds. The zero-order chi connectivity index (χ0) is 10.3. The lowest BCUT2D eigenvalue weighted by Crippen LogP contribution is -2.30. The van der Waals surface area contributed by atoms with Gasteiger partial charge in [-0.2, -0.15) is 0 Å². The van der Waals surface area contributed by atoms with Crippen molar-refractivity contribution in [3.8, 4) is 0 Å². The first-order valence-corrected chi connectivity index (χ1v) is 4.04. The van der Waals surface area contributed by atoms with Crippen LogP contribution in [-0.4, -0.2) is 17.1 Å². The van der Waals surface area contributed by atoms with Crippen LogP contribution in [-0.2, 0) is 4.79 Å². The third-order valence-electron chi connectivity index (χ3n) is 1.59. The minimum Gasteiger partial charge on any atom is -0.480 e. The molecule has 1 atom stereocenters. The summed E-state index contributed by atoms with van der Waals surface area (Å²) in [5, 5.41) is 8.56. The molecule has 13 heavy (non-hydrogen) atoms. The van der Waals surface area contributed by atoms with Crippen LogP contribution in [0.25, 0.3) is 0 Å².